The molecule has 0 aliphatic heterocycles. The second kappa shape index (κ2) is 1.82. The number of imidazole rings is 1. The Labute approximate surface area is 48.5 Å². The van der Waals surface area contributed by atoms with Crippen molar-refractivity contribution >= 4 is 5.70 Å². The molecule has 40 valence electrons. The number of rotatable bonds is 1. The maximum absolute atomic E-state index is 5.29. The average molecular weight is 106 g/mol. The third kappa shape index (κ3) is 0.780. The molecule has 1 heterocycles. The van der Waals surface area contributed by atoms with E-state index in [2.05, 4.69) is 11.6 Å². The number of hydrogen-bond donors (Lipinski definition) is 0. The second-order valence-electron chi connectivity index (χ2n) is 1.46. The van der Waals surface area contributed by atoms with E-state index in [1.54, 1.807) is 23.3 Å². The summed E-state index contributed by atoms with van der Waals surface area (Å²) in [6, 6.07) is 0. The Morgan fingerprint density at radius 1 is 1.75 bits per heavy atom. The van der Waals surface area contributed by atoms with Crippen molar-refractivity contribution in [1.82, 2.24) is 9.55 Å². The van der Waals surface area contributed by atoms with E-state index in [0.717, 1.165) is 0 Å². The van der Waals surface area contributed by atoms with Gasteiger partial charge in [0.1, 0.15) is 0 Å². The van der Waals surface area contributed by atoms with Gasteiger partial charge in [0, 0.05) is 25.0 Å². The van der Waals surface area contributed by atoms with Crippen LogP contribution in [0.1, 0.15) is 0 Å². The summed E-state index contributed by atoms with van der Waals surface area (Å²) in [6.07, 6.45) is 4.99. The van der Waals surface area contributed by atoms with Gasteiger partial charge in [-0.2, -0.15) is 0 Å². The van der Waals surface area contributed by atoms with E-state index in [9.17, 15) is 0 Å². The lowest BCUT2D eigenvalue weighted by Gasteiger charge is -1.93. The first-order valence-corrected chi connectivity index (χ1v) is 2.23. The smallest absolute Gasteiger partial charge is 0.0989 e. The van der Waals surface area contributed by atoms with Gasteiger partial charge in [0.2, 0.25) is 0 Å². The topological polar surface area (TPSA) is 17.8 Å². The number of aromatic nitrogens is 2. The standard InChI is InChI=1S/C6H6N2/c1-6(2)8-4-3-7-5-8/h1,3-5H,2H2. The molecule has 0 spiro atoms. The highest BCUT2D eigenvalue weighted by Gasteiger charge is 1.84. The molecule has 0 aliphatic rings. The largest absolute Gasteiger partial charge is 0.310 e. The summed E-state index contributed by atoms with van der Waals surface area (Å²) >= 11 is 0. The quantitative estimate of drug-likeness (QED) is 0.523. The Morgan fingerprint density at radius 2 is 2.50 bits per heavy atom. The summed E-state index contributed by atoms with van der Waals surface area (Å²) in [4.78, 5) is 3.77. The van der Waals surface area contributed by atoms with Crippen molar-refractivity contribution in [3.05, 3.63) is 32.2 Å². The minimum atomic E-state index is 0.488. The molecule has 1 aromatic rings. The van der Waals surface area contributed by atoms with E-state index in [1.165, 1.54) is 0 Å². The molecule has 8 heavy (non-hydrogen) atoms. The van der Waals surface area contributed by atoms with Crippen molar-refractivity contribution < 1.29 is 0 Å². The van der Waals surface area contributed by atoms with Crippen LogP contribution < -0.4 is 0 Å². The Kier molecular flexibility index (Phi) is 1.16. The third-order valence-corrected chi connectivity index (χ3v) is 0.836. The first-order valence-electron chi connectivity index (χ1n) is 2.23. The van der Waals surface area contributed by atoms with Gasteiger partial charge in [-0.3, -0.25) is 0 Å². The molecule has 0 saturated heterocycles. The van der Waals surface area contributed by atoms with E-state index in [4.69, 9.17) is 6.92 Å². The van der Waals surface area contributed by atoms with Crippen molar-refractivity contribution in [2.45, 2.75) is 0 Å². The van der Waals surface area contributed by atoms with E-state index in [-0.39, 0.29) is 0 Å². The van der Waals surface area contributed by atoms with Crippen LogP contribution in [-0.2, 0) is 0 Å². The zero-order valence-electron chi connectivity index (χ0n) is 4.41. The molecule has 1 rings (SSSR count). The van der Waals surface area contributed by atoms with Crippen LogP contribution >= 0.6 is 0 Å². The molecule has 2 nitrogen and oxygen atoms in total. The van der Waals surface area contributed by atoms with Gasteiger partial charge in [-0.25, -0.2) is 4.98 Å². The maximum atomic E-state index is 5.29. The molecule has 0 aromatic carbocycles. The highest BCUT2D eigenvalue weighted by molar-refractivity contribution is 5.43. The predicted octanol–water partition coefficient (Wildman–Crippen LogP) is 1.06. The maximum Gasteiger partial charge on any atom is 0.0989 e. The fraction of sp³-hybridized carbons (Fsp3) is 0. The van der Waals surface area contributed by atoms with Gasteiger partial charge in [0.15, 0.2) is 0 Å². The summed E-state index contributed by atoms with van der Waals surface area (Å²) in [6.45, 7) is 8.78. The molecule has 1 aromatic heterocycles. The summed E-state index contributed by atoms with van der Waals surface area (Å²) < 4.78 is 1.64. The van der Waals surface area contributed by atoms with E-state index < -0.39 is 0 Å². The zero-order valence-corrected chi connectivity index (χ0v) is 4.41. The van der Waals surface area contributed by atoms with Crippen molar-refractivity contribution in [1.29, 1.82) is 0 Å². The minimum absolute atomic E-state index is 0.488. The van der Waals surface area contributed by atoms with Crippen molar-refractivity contribution in [3.63, 3.8) is 0 Å². The molecule has 0 aliphatic carbocycles. The number of allylic oxidation sites excluding steroid dienone is 1. The molecular formula is C6H6N2. The number of nitrogens with zero attached hydrogens (tertiary/aromatic N) is 2. The lowest BCUT2D eigenvalue weighted by atomic mass is 10.6. The third-order valence-electron chi connectivity index (χ3n) is 0.836. The predicted molar refractivity (Wildman–Crippen MR) is 31.9 cm³/mol. The molecule has 0 unspecified atom stereocenters. The Hall–Kier alpha value is -1.05. The van der Waals surface area contributed by atoms with Crippen LogP contribution in [0.2, 0.25) is 0 Å². The van der Waals surface area contributed by atoms with Gasteiger partial charge in [-0.1, -0.05) is 6.58 Å². The zero-order chi connectivity index (χ0) is 5.98. The van der Waals surface area contributed by atoms with Gasteiger partial charge < -0.3 is 4.57 Å². The Bertz CT molecular complexity index is 174. The molecule has 2 heteroatoms. The highest BCUT2D eigenvalue weighted by atomic mass is 15.0. The van der Waals surface area contributed by atoms with Crippen molar-refractivity contribution in [2.24, 2.45) is 0 Å². The average Bonchev–Trinajstić information content (AvgIpc) is 2.12. The lowest BCUT2D eigenvalue weighted by Crippen LogP contribution is -1.84. The van der Waals surface area contributed by atoms with Crippen LogP contribution in [0.5, 0.6) is 0 Å². The Morgan fingerprint density at radius 3 is 2.75 bits per heavy atom. The lowest BCUT2D eigenvalue weighted by molar-refractivity contribution is 1.10. The van der Waals surface area contributed by atoms with Crippen LogP contribution in [0, 0.1) is 6.92 Å². The highest BCUT2D eigenvalue weighted by Crippen LogP contribution is 1.94. The fourth-order valence-electron chi connectivity index (χ4n) is 0.429. The van der Waals surface area contributed by atoms with Crippen LogP contribution in [0.4, 0.5) is 0 Å². The van der Waals surface area contributed by atoms with Gasteiger partial charge in [-0.15, -0.1) is 0 Å². The number of hydrogen-bond acceptors (Lipinski definition) is 1. The molecule has 0 atom stereocenters. The molecule has 0 amide bonds. The first-order chi connectivity index (χ1) is 3.80. The molecule has 0 N–H and O–H groups in total. The normalized spacial score (nSPS) is 9.12. The SMILES string of the molecule is [CH]C(=C)n1ccnc1. The Balaban J connectivity index is 2.93. The van der Waals surface area contributed by atoms with E-state index >= 15 is 0 Å². The van der Waals surface area contributed by atoms with E-state index in [0.29, 0.717) is 5.70 Å². The van der Waals surface area contributed by atoms with Gasteiger partial charge in [0.05, 0.1) is 6.33 Å². The van der Waals surface area contributed by atoms with Crippen LogP contribution in [-0.4, -0.2) is 9.55 Å². The minimum Gasteiger partial charge on any atom is -0.310 e. The van der Waals surface area contributed by atoms with Crippen LogP contribution in [0.3, 0.4) is 0 Å². The first kappa shape index (κ1) is 5.09. The summed E-state index contributed by atoms with van der Waals surface area (Å²) in [5, 5.41) is 0. The van der Waals surface area contributed by atoms with Crippen molar-refractivity contribution in [2.75, 3.05) is 0 Å². The molecule has 2 radical (unpaired) electrons. The van der Waals surface area contributed by atoms with E-state index in [1.807, 2.05) is 0 Å². The summed E-state index contributed by atoms with van der Waals surface area (Å²) in [5.74, 6) is 0. The molecule has 0 fully saturated rings. The fourth-order valence-corrected chi connectivity index (χ4v) is 0.429. The summed E-state index contributed by atoms with van der Waals surface area (Å²) in [5.41, 5.74) is 0.488. The molecular weight excluding hydrogens is 100 g/mol. The molecule has 0 saturated carbocycles. The van der Waals surface area contributed by atoms with Crippen LogP contribution in [0.15, 0.2) is 25.3 Å². The van der Waals surface area contributed by atoms with Gasteiger partial charge >= 0.3 is 0 Å². The van der Waals surface area contributed by atoms with Gasteiger partial charge in [-0.05, 0) is 0 Å². The second-order valence-corrected chi connectivity index (χ2v) is 1.46. The molecule has 0 bridgehead atoms. The monoisotopic (exact) mass is 106 g/mol. The van der Waals surface area contributed by atoms with Crippen LogP contribution in [0.25, 0.3) is 5.70 Å². The van der Waals surface area contributed by atoms with Gasteiger partial charge in [0.25, 0.3) is 0 Å². The van der Waals surface area contributed by atoms with Crippen molar-refractivity contribution in [3.8, 4) is 0 Å². The summed E-state index contributed by atoms with van der Waals surface area (Å²) in [7, 11) is 0.